The van der Waals surface area contributed by atoms with E-state index in [1.54, 1.807) is 0 Å². The quantitative estimate of drug-likeness (QED) is 0.533. The summed E-state index contributed by atoms with van der Waals surface area (Å²) < 4.78 is 0. The van der Waals surface area contributed by atoms with Gasteiger partial charge in [0.1, 0.15) is 5.56 Å². The van der Waals surface area contributed by atoms with Gasteiger partial charge in [-0.25, -0.2) is 0 Å². The van der Waals surface area contributed by atoms with Gasteiger partial charge in [0.05, 0.1) is 0 Å². The van der Waals surface area contributed by atoms with Gasteiger partial charge in [-0.2, -0.15) is 0 Å². The minimum absolute atomic E-state index is 0.795. The molecule has 0 atom stereocenters. The molecule has 0 aliphatic heterocycles. The molecule has 1 aliphatic carbocycles. The first-order valence-electron chi connectivity index (χ1n) is 8.92. The van der Waals surface area contributed by atoms with Crippen molar-refractivity contribution in [2.45, 2.75) is 77.0 Å². The van der Waals surface area contributed by atoms with Crippen LogP contribution in [0.2, 0.25) is 0 Å². The number of nitrogens with zero attached hydrogens (tertiary/aromatic N) is 1. The Morgan fingerprint density at radius 3 is 2.38 bits per heavy atom. The van der Waals surface area contributed by atoms with Crippen molar-refractivity contribution < 1.29 is 0 Å². The molecule has 0 saturated heterocycles. The van der Waals surface area contributed by atoms with Crippen molar-refractivity contribution in [3.8, 4) is 6.07 Å². The first-order valence-corrected chi connectivity index (χ1v) is 8.92. The summed E-state index contributed by atoms with van der Waals surface area (Å²) in [6.07, 6.45) is 13.5. The molecule has 1 fully saturated rings. The minimum atomic E-state index is 0.795. The molecule has 21 heavy (non-hydrogen) atoms. The zero-order valence-electron chi connectivity index (χ0n) is 13.6. The number of hydrogen-bond donors (Lipinski definition) is 0. The third-order valence-electron chi connectivity index (χ3n) is 4.57. The Kier molecular flexibility index (Phi) is 7.36. The highest BCUT2D eigenvalue weighted by atomic mass is 14.6. The fourth-order valence-corrected chi connectivity index (χ4v) is 3.21. The first-order chi connectivity index (χ1) is 10.4. The second kappa shape index (κ2) is 9.61. The van der Waals surface area contributed by atoms with Crippen LogP contribution in [0.25, 0.3) is 4.85 Å². The number of unbranched alkanes of at least 4 members (excludes halogenated alkanes) is 4. The fourth-order valence-electron chi connectivity index (χ4n) is 3.21. The SMILES string of the molecule is CCCCCCC[N+]#Cc1ccc(C2CCCCC2)cc1. The minimum Gasteiger partial charge on any atom is -0.0780 e. The zero-order chi connectivity index (χ0) is 14.8. The molecule has 2 rings (SSSR count). The van der Waals surface area contributed by atoms with E-state index < -0.39 is 0 Å². The highest BCUT2D eigenvalue weighted by molar-refractivity contribution is 5.35. The second-order valence-electron chi connectivity index (χ2n) is 6.36. The Morgan fingerprint density at radius 1 is 0.952 bits per heavy atom. The van der Waals surface area contributed by atoms with E-state index in [1.807, 2.05) is 0 Å². The topological polar surface area (TPSA) is 4.36 Å². The summed E-state index contributed by atoms with van der Waals surface area (Å²) in [5, 5.41) is 0. The van der Waals surface area contributed by atoms with E-state index in [1.165, 1.54) is 69.8 Å². The highest BCUT2D eigenvalue weighted by Gasteiger charge is 2.15. The van der Waals surface area contributed by atoms with Crippen molar-refractivity contribution in [2.24, 2.45) is 0 Å². The second-order valence-corrected chi connectivity index (χ2v) is 6.36. The molecule has 1 aromatic rings. The summed E-state index contributed by atoms with van der Waals surface area (Å²) in [7, 11) is 0. The van der Waals surface area contributed by atoms with E-state index >= 15 is 0 Å². The number of benzene rings is 1. The van der Waals surface area contributed by atoms with E-state index in [0.29, 0.717) is 0 Å². The third-order valence-corrected chi connectivity index (χ3v) is 4.57. The first kappa shape index (κ1) is 16.1. The van der Waals surface area contributed by atoms with E-state index in [9.17, 15) is 0 Å². The lowest BCUT2D eigenvalue weighted by Crippen LogP contribution is -2.04. The summed E-state index contributed by atoms with van der Waals surface area (Å²) in [6.45, 7) is 3.18. The molecule has 1 saturated carbocycles. The largest absolute Gasteiger partial charge is 0.311 e. The Morgan fingerprint density at radius 2 is 1.67 bits per heavy atom. The lowest BCUT2D eigenvalue weighted by Gasteiger charge is -2.21. The Hall–Kier alpha value is -1.29. The van der Waals surface area contributed by atoms with E-state index in [-0.39, 0.29) is 0 Å². The van der Waals surface area contributed by atoms with Gasteiger partial charge in [-0.15, -0.1) is 0 Å². The van der Waals surface area contributed by atoms with Crippen molar-refractivity contribution in [1.29, 1.82) is 0 Å². The van der Waals surface area contributed by atoms with Gasteiger partial charge in [0, 0.05) is 6.42 Å². The summed E-state index contributed by atoms with van der Waals surface area (Å²) in [5.41, 5.74) is 2.64. The van der Waals surface area contributed by atoms with Crippen LogP contribution in [0.1, 0.15) is 88.2 Å². The maximum absolute atomic E-state index is 4.43. The number of rotatable bonds is 6. The van der Waals surface area contributed by atoms with Gasteiger partial charge in [0.15, 0.2) is 0 Å². The molecule has 0 unspecified atom stereocenters. The van der Waals surface area contributed by atoms with Crippen LogP contribution in [0, 0.1) is 6.07 Å². The summed E-state index contributed by atoms with van der Waals surface area (Å²) >= 11 is 0. The van der Waals surface area contributed by atoms with Crippen LogP contribution >= 0.6 is 0 Å². The predicted molar refractivity (Wildman–Crippen MR) is 92.2 cm³/mol. The molecule has 1 heteroatoms. The van der Waals surface area contributed by atoms with E-state index in [2.05, 4.69) is 42.1 Å². The highest BCUT2D eigenvalue weighted by Crippen LogP contribution is 2.32. The zero-order valence-corrected chi connectivity index (χ0v) is 13.6. The lowest BCUT2D eigenvalue weighted by atomic mass is 9.84. The lowest BCUT2D eigenvalue weighted by molar-refractivity contribution is 0.443. The van der Waals surface area contributed by atoms with Gasteiger partial charge in [-0.3, -0.25) is 0 Å². The molecule has 1 aliphatic rings. The molecule has 0 aromatic heterocycles. The van der Waals surface area contributed by atoms with Crippen LogP contribution in [0.3, 0.4) is 0 Å². The Labute approximate surface area is 130 Å². The van der Waals surface area contributed by atoms with E-state index in [0.717, 1.165) is 18.0 Å². The number of hydrogen-bond acceptors (Lipinski definition) is 0. The van der Waals surface area contributed by atoms with Crippen molar-refractivity contribution in [3.63, 3.8) is 0 Å². The van der Waals surface area contributed by atoms with Gasteiger partial charge < -0.3 is 0 Å². The van der Waals surface area contributed by atoms with Crippen LogP contribution in [0.4, 0.5) is 0 Å². The molecule has 0 amide bonds. The third kappa shape index (κ3) is 5.92. The molecule has 0 heterocycles. The summed E-state index contributed by atoms with van der Waals surface area (Å²) in [4.78, 5) is 4.43. The van der Waals surface area contributed by atoms with Gasteiger partial charge in [0.2, 0.25) is 0 Å². The molecule has 1 aromatic carbocycles. The average Bonchev–Trinajstić information content (AvgIpc) is 2.55. The maximum Gasteiger partial charge on any atom is 0.311 e. The predicted octanol–water partition coefficient (Wildman–Crippen LogP) is 6.39. The van der Waals surface area contributed by atoms with Crippen molar-refractivity contribution >= 4 is 0 Å². The fraction of sp³-hybridized carbons (Fsp3) is 0.650. The van der Waals surface area contributed by atoms with Crippen molar-refractivity contribution in [2.75, 3.05) is 6.54 Å². The smallest absolute Gasteiger partial charge is 0.0780 e. The van der Waals surface area contributed by atoms with Gasteiger partial charge in [-0.1, -0.05) is 62.4 Å². The van der Waals surface area contributed by atoms with E-state index in [4.69, 9.17) is 0 Å². The standard InChI is InChI=1S/C20H30N/c1-2-3-4-5-9-16-21-17-18-12-14-20(15-13-18)19-10-7-6-8-11-19/h12-15,19H,2-11,16H2,1H3/q+1. The monoisotopic (exact) mass is 284 g/mol. The normalized spacial score (nSPS) is 15.5. The van der Waals surface area contributed by atoms with Crippen LogP contribution in [-0.4, -0.2) is 6.54 Å². The van der Waals surface area contributed by atoms with Crippen molar-refractivity contribution in [3.05, 3.63) is 40.2 Å². The molecular weight excluding hydrogens is 254 g/mol. The van der Waals surface area contributed by atoms with Crippen LogP contribution < -0.4 is 0 Å². The van der Waals surface area contributed by atoms with Gasteiger partial charge in [-0.05, 0) is 42.9 Å². The average molecular weight is 284 g/mol. The molecule has 0 spiro atoms. The molecule has 0 N–H and O–H groups in total. The maximum atomic E-state index is 4.43. The molecule has 0 radical (unpaired) electrons. The van der Waals surface area contributed by atoms with Gasteiger partial charge in [0.25, 0.3) is 6.54 Å². The Bertz CT molecular complexity index is 443. The molecular formula is C20H30N+. The molecule has 114 valence electrons. The summed E-state index contributed by atoms with van der Waals surface area (Å²) in [5.74, 6) is 0.795. The van der Waals surface area contributed by atoms with Crippen LogP contribution in [0.15, 0.2) is 24.3 Å². The molecule has 0 bridgehead atoms. The summed E-state index contributed by atoms with van der Waals surface area (Å²) in [6, 6.07) is 12.1. The van der Waals surface area contributed by atoms with Crippen LogP contribution in [0.5, 0.6) is 0 Å². The van der Waals surface area contributed by atoms with Crippen LogP contribution in [-0.2, 0) is 0 Å². The van der Waals surface area contributed by atoms with Crippen molar-refractivity contribution in [1.82, 2.24) is 0 Å². The Balaban J connectivity index is 1.74. The van der Waals surface area contributed by atoms with Gasteiger partial charge >= 0.3 is 6.07 Å². The molecule has 1 nitrogen and oxygen atoms in total.